The summed E-state index contributed by atoms with van der Waals surface area (Å²) in [6, 6.07) is 0.553. The van der Waals surface area contributed by atoms with Crippen molar-refractivity contribution in [3.63, 3.8) is 0 Å². The maximum Gasteiger partial charge on any atom is 0.240 e. The molecule has 1 aliphatic heterocycles. The molecule has 2 N–H and O–H groups in total. The average Bonchev–Trinajstić information content (AvgIpc) is 2.73. The Hall–Kier alpha value is -0.940. The third kappa shape index (κ3) is 3.34. The molecule has 0 aliphatic carbocycles. The standard InChI is InChI=1S/C14H26N4O/c1-9-6-10(2)11(3)18(7-9)8-12-16-13(17-19-12)14(4,5)15/h9-11H,6-8,15H2,1-5H3. The van der Waals surface area contributed by atoms with Gasteiger partial charge in [0, 0.05) is 12.6 Å². The van der Waals surface area contributed by atoms with E-state index in [-0.39, 0.29) is 0 Å². The maximum atomic E-state index is 5.98. The quantitative estimate of drug-likeness (QED) is 0.907. The van der Waals surface area contributed by atoms with Crippen molar-refractivity contribution in [2.45, 2.75) is 59.2 Å². The van der Waals surface area contributed by atoms with Crippen molar-refractivity contribution < 1.29 is 4.52 Å². The molecule has 1 aliphatic rings. The summed E-state index contributed by atoms with van der Waals surface area (Å²) in [6.45, 7) is 12.5. The van der Waals surface area contributed by atoms with Gasteiger partial charge >= 0.3 is 0 Å². The van der Waals surface area contributed by atoms with Gasteiger partial charge in [0.2, 0.25) is 5.89 Å². The second kappa shape index (κ2) is 5.21. The number of likely N-dealkylation sites (tertiary alicyclic amines) is 1. The number of rotatable bonds is 3. The van der Waals surface area contributed by atoms with Crippen molar-refractivity contribution in [2.24, 2.45) is 17.6 Å². The zero-order valence-electron chi connectivity index (χ0n) is 12.7. The lowest BCUT2D eigenvalue weighted by atomic mass is 9.86. The van der Waals surface area contributed by atoms with Crippen molar-refractivity contribution in [3.8, 4) is 0 Å². The third-order valence-corrected chi connectivity index (χ3v) is 4.10. The van der Waals surface area contributed by atoms with E-state index in [2.05, 4.69) is 35.8 Å². The van der Waals surface area contributed by atoms with Crippen LogP contribution in [0.2, 0.25) is 0 Å². The molecule has 1 aromatic rings. The molecule has 0 aromatic carbocycles. The van der Waals surface area contributed by atoms with Gasteiger partial charge in [0.15, 0.2) is 5.82 Å². The summed E-state index contributed by atoms with van der Waals surface area (Å²) in [5.41, 5.74) is 5.43. The maximum absolute atomic E-state index is 5.98. The zero-order valence-corrected chi connectivity index (χ0v) is 12.7. The number of nitrogens with two attached hydrogens (primary N) is 1. The summed E-state index contributed by atoms with van der Waals surface area (Å²) >= 11 is 0. The Morgan fingerprint density at radius 3 is 2.63 bits per heavy atom. The van der Waals surface area contributed by atoms with Crippen LogP contribution in [0.1, 0.15) is 52.8 Å². The van der Waals surface area contributed by atoms with Crippen molar-refractivity contribution in [2.75, 3.05) is 6.54 Å². The highest BCUT2D eigenvalue weighted by atomic mass is 16.5. The Bertz CT molecular complexity index is 423. The van der Waals surface area contributed by atoms with Crippen molar-refractivity contribution in [1.29, 1.82) is 0 Å². The van der Waals surface area contributed by atoms with E-state index in [0.717, 1.165) is 19.0 Å². The molecule has 5 nitrogen and oxygen atoms in total. The lowest BCUT2D eigenvalue weighted by molar-refractivity contribution is 0.0633. The fourth-order valence-electron chi connectivity index (χ4n) is 2.80. The second-order valence-corrected chi connectivity index (χ2v) is 6.72. The Balaban J connectivity index is 2.06. The smallest absolute Gasteiger partial charge is 0.240 e. The summed E-state index contributed by atoms with van der Waals surface area (Å²) in [6.07, 6.45) is 1.29. The fraction of sp³-hybridized carbons (Fsp3) is 0.857. The first-order chi connectivity index (χ1) is 8.77. The molecule has 1 fully saturated rings. The molecule has 1 saturated heterocycles. The van der Waals surface area contributed by atoms with E-state index in [1.165, 1.54) is 6.42 Å². The van der Waals surface area contributed by atoms with E-state index in [0.29, 0.717) is 23.7 Å². The van der Waals surface area contributed by atoms with Crippen LogP contribution in [0, 0.1) is 11.8 Å². The molecule has 0 amide bonds. The van der Waals surface area contributed by atoms with Gasteiger partial charge in [-0.2, -0.15) is 4.98 Å². The predicted molar refractivity (Wildman–Crippen MR) is 74.3 cm³/mol. The van der Waals surface area contributed by atoms with Gasteiger partial charge in [-0.25, -0.2) is 0 Å². The molecular weight excluding hydrogens is 240 g/mol. The molecule has 1 aromatic heterocycles. The first kappa shape index (κ1) is 14.5. The number of piperidine rings is 1. The Morgan fingerprint density at radius 1 is 1.37 bits per heavy atom. The van der Waals surface area contributed by atoms with E-state index >= 15 is 0 Å². The largest absolute Gasteiger partial charge is 0.338 e. The summed E-state index contributed by atoms with van der Waals surface area (Å²) < 4.78 is 5.33. The Labute approximate surface area is 115 Å². The molecule has 5 heteroatoms. The first-order valence-corrected chi connectivity index (χ1v) is 7.13. The van der Waals surface area contributed by atoms with E-state index in [9.17, 15) is 0 Å². The number of hydrogen-bond acceptors (Lipinski definition) is 5. The summed E-state index contributed by atoms with van der Waals surface area (Å²) in [5.74, 6) is 2.67. The first-order valence-electron chi connectivity index (χ1n) is 7.13. The van der Waals surface area contributed by atoms with Crippen LogP contribution in [-0.2, 0) is 12.1 Å². The zero-order chi connectivity index (χ0) is 14.2. The van der Waals surface area contributed by atoms with Gasteiger partial charge in [0.05, 0.1) is 12.1 Å². The second-order valence-electron chi connectivity index (χ2n) is 6.72. The molecule has 0 radical (unpaired) electrons. The molecule has 2 rings (SSSR count). The van der Waals surface area contributed by atoms with Crippen LogP contribution < -0.4 is 5.73 Å². The highest BCUT2D eigenvalue weighted by molar-refractivity contribution is 4.99. The highest BCUT2D eigenvalue weighted by Gasteiger charge is 2.30. The normalized spacial score (nSPS) is 29.7. The van der Waals surface area contributed by atoms with Crippen LogP contribution in [0.25, 0.3) is 0 Å². The van der Waals surface area contributed by atoms with E-state index in [4.69, 9.17) is 10.3 Å². The topological polar surface area (TPSA) is 68.2 Å². The Kier molecular flexibility index (Phi) is 3.97. The number of hydrogen-bond donors (Lipinski definition) is 1. The van der Waals surface area contributed by atoms with Crippen LogP contribution in [0.15, 0.2) is 4.52 Å². The van der Waals surface area contributed by atoms with Gasteiger partial charge < -0.3 is 10.3 Å². The predicted octanol–water partition coefficient (Wildman–Crippen LogP) is 2.13. The van der Waals surface area contributed by atoms with Crippen LogP contribution in [0.4, 0.5) is 0 Å². The van der Waals surface area contributed by atoms with Crippen LogP contribution in [0.3, 0.4) is 0 Å². The molecule has 0 spiro atoms. The molecule has 0 saturated carbocycles. The minimum absolute atomic E-state index is 0.546. The summed E-state index contributed by atoms with van der Waals surface area (Å²) in [7, 11) is 0. The van der Waals surface area contributed by atoms with Crippen LogP contribution in [-0.4, -0.2) is 27.6 Å². The molecule has 108 valence electrons. The van der Waals surface area contributed by atoms with Crippen molar-refractivity contribution >= 4 is 0 Å². The fourth-order valence-corrected chi connectivity index (χ4v) is 2.80. The van der Waals surface area contributed by atoms with Gasteiger partial charge in [-0.15, -0.1) is 0 Å². The van der Waals surface area contributed by atoms with Crippen LogP contribution in [0.5, 0.6) is 0 Å². The van der Waals surface area contributed by atoms with Gasteiger partial charge in [0.25, 0.3) is 0 Å². The van der Waals surface area contributed by atoms with Crippen molar-refractivity contribution in [1.82, 2.24) is 15.0 Å². The van der Waals surface area contributed by atoms with Crippen LogP contribution >= 0.6 is 0 Å². The third-order valence-electron chi connectivity index (χ3n) is 4.10. The monoisotopic (exact) mass is 266 g/mol. The lowest BCUT2D eigenvalue weighted by Gasteiger charge is -2.40. The van der Waals surface area contributed by atoms with Gasteiger partial charge in [-0.1, -0.05) is 19.0 Å². The molecule has 3 atom stereocenters. The summed E-state index contributed by atoms with van der Waals surface area (Å²) in [5, 5.41) is 3.98. The highest BCUT2D eigenvalue weighted by Crippen LogP contribution is 2.28. The van der Waals surface area contributed by atoms with Gasteiger partial charge in [-0.05, 0) is 39.0 Å². The molecule has 3 unspecified atom stereocenters. The molecule has 19 heavy (non-hydrogen) atoms. The average molecular weight is 266 g/mol. The molecular formula is C14H26N4O. The minimum atomic E-state index is -0.546. The van der Waals surface area contributed by atoms with Gasteiger partial charge in [0.1, 0.15) is 0 Å². The summed E-state index contributed by atoms with van der Waals surface area (Å²) in [4.78, 5) is 6.85. The van der Waals surface area contributed by atoms with Crippen molar-refractivity contribution in [3.05, 3.63) is 11.7 Å². The Morgan fingerprint density at radius 2 is 2.05 bits per heavy atom. The van der Waals surface area contributed by atoms with E-state index < -0.39 is 5.54 Å². The molecule has 0 bridgehead atoms. The van der Waals surface area contributed by atoms with E-state index in [1.807, 2.05) is 13.8 Å². The molecule has 2 heterocycles. The van der Waals surface area contributed by atoms with E-state index in [1.54, 1.807) is 0 Å². The minimum Gasteiger partial charge on any atom is -0.338 e. The van der Waals surface area contributed by atoms with Gasteiger partial charge in [-0.3, -0.25) is 4.90 Å². The number of nitrogens with zero attached hydrogens (tertiary/aromatic N) is 3. The SMILES string of the molecule is CC1CC(C)C(C)N(Cc2nc(C(C)(C)N)no2)C1. The lowest BCUT2D eigenvalue weighted by Crippen LogP contribution is -2.45. The number of aromatic nitrogens is 2.